The van der Waals surface area contributed by atoms with E-state index in [2.05, 4.69) is 27.7 Å². The van der Waals surface area contributed by atoms with Crippen molar-refractivity contribution in [2.45, 2.75) is 53.4 Å². The zero-order chi connectivity index (χ0) is 11.7. The van der Waals surface area contributed by atoms with Crippen LogP contribution in [0.4, 0.5) is 0 Å². The van der Waals surface area contributed by atoms with Gasteiger partial charge in [-0.3, -0.25) is 4.79 Å². The average Bonchev–Trinajstić information content (AvgIpc) is 2.51. The molecule has 0 amide bonds. The van der Waals surface area contributed by atoms with E-state index in [-0.39, 0.29) is 0 Å². The molecule has 3 saturated carbocycles. The van der Waals surface area contributed by atoms with Gasteiger partial charge in [0.15, 0.2) is 0 Å². The van der Waals surface area contributed by atoms with Crippen molar-refractivity contribution in [1.82, 2.24) is 0 Å². The van der Waals surface area contributed by atoms with Crippen molar-refractivity contribution in [2.24, 2.45) is 34.5 Å². The summed E-state index contributed by atoms with van der Waals surface area (Å²) in [4.78, 5) is 12.1. The molecule has 0 saturated heterocycles. The summed E-state index contributed by atoms with van der Waals surface area (Å²) < 4.78 is 0. The molecule has 90 valence electrons. The fraction of sp³-hybridized carbons (Fsp3) is 0.933. The van der Waals surface area contributed by atoms with E-state index in [9.17, 15) is 4.79 Å². The lowest BCUT2D eigenvalue weighted by molar-refractivity contribution is -0.122. The van der Waals surface area contributed by atoms with Crippen molar-refractivity contribution in [3.63, 3.8) is 0 Å². The first kappa shape index (κ1) is 10.8. The summed E-state index contributed by atoms with van der Waals surface area (Å²) in [6.07, 6.45) is 4.89. The highest BCUT2D eigenvalue weighted by molar-refractivity contribution is 5.85. The molecule has 0 aromatic carbocycles. The molecule has 1 nitrogen and oxygen atoms in total. The highest BCUT2D eigenvalue weighted by atomic mass is 16.1. The van der Waals surface area contributed by atoms with Crippen molar-refractivity contribution in [3.8, 4) is 0 Å². The van der Waals surface area contributed by atoms with Gasteiger partial charge in [-0.25, -0.2) is 0 Å². The Kier molecular flexibility index (Phi) is 1.97. The fourth-order valence-corrected chi connectivity index (χ4v) is 5.73. The molecule has 0 aromatic rings. The molecule has 1 heteroatoms. The SMILES string of the molecule is C[C@H]1CC[C@H]2[C@@H]3CC(=O)[C@H](C)C13CC2(C)C. The number of hydrogen-bond donors (Lipinski definition) is 0. The van der Waals surface area contributed by atoms with E-state index in [1.807, 2.05) is 0 Å². The Morgan fingerprint density at radius 2 is 1.81 bits per heavy atom. The second-order valence-electron chi connectivity index (χ2n) is 7.36. The van der Waals surface area contributed by atoms with E-state index in [0.717, 1.165) is 18.3 Å². The number of rotatable bonds is 0. The van der Waals surface area contributed by atoms with Crippen LogP contribution in [-0.4, -0.2) is 5.78 Å². The maximum absolute atomic E-state index is 12.1. The van der Waals surface area contributed by atoms with Crippen LogP contribution in [0.3, 0.4) is 0 Å². The third kappa shape index (κ3) is 1.01. The van der Waals surface area contributed by atoms with Crippen molar-refractivity contribution in [2.75, 3.05) is 0 Å². The summed E-state index contributed by atoms with van der Waals surface area (Å²) in [6, 6.07) is 0. The van der Waals surface area contributed by atoms with Gasteiger partial charge >= 0.3 is 0 Å². The molecular formula is C15H24O. The second-order valence-corrected chi connectivity index (χ2v) is 7.36. The van der Waals surface area contributed by atoms with E-state index >= 15 is 0 Å². The molecule has 3 aliphatic carbocycles. The zero-order valence-corrected chi connectivity index (χ0v) is 11.0. The standard InChI is InChI=1S/C15H24O/c1-9-5-6-11-12-7-13(16)10(2)15(9,12)8-14(11,3)4/h9-12H,5-8H2,1-4H3/t9-,10-,11-,12-,15?/m0/s1. The number of Topliss-reactive ketones (excluding diaryl/α,β-unsaturated/α-hetero) is 1. The Morgan fingerprint density at radius 3 is 2.44 bits per heavy atom. The summed E-state index contributed by atoms with van der Waals surface area (Å²) in [5.74, 6) is 3.18. The minimum Gasteiger partial charge on any atom is -0.299 e. The molecule has 16 heavy (non-hydrogen) atoms. The van der Waals surface area contributed by atoms with Gasteiger partial charge in [-0.2, -0.15) is 0 Å². The lowest BCUT2D eigenvalue weighted by Crippen LogP contribution is -2.39. The first-order valence-corrected chi connectivity index (χ1v) is 6.92. The molecule has 0 aromatic heterocycles. The number of carbonyl (C=O) groups is 1. The minimum atomic E-state index is 0.331. The van der Waals surface area contributed by atoms with Crippen LogP contribution >= 0.6 is 0 Å². The van der Waals surface area contributed by atoms with E-state index < -0.39 is 0 Å². The summed E-state index contributed by atoms with van der Waals surface area (Å²) in [7, 11) is 0. The molecule has 0 N–H and O–H groups in total. The zero-order valence-electron chi connectivity index (χ0n) is 11.0. The molecule has 0 radical (unpaired) electrons. The number of carbonyl (C=O) groups excluding carboxylic acids is 1. The van der Waals surface area contributed by atoms with Gasteiger partial charge < -0.3 is 0 Å². The summed E-state index contributed by atoms with van der Waals surface area (Å²) in [5, 5.41) is 0. The quantitative estimate of drug-likeness (QED) is 0.608. The summed E-state index contributed by atoms with van der Waals surface area (Å²) in [5.41, 5.74) is 0.855. The van der Waals surface area contributed by atoms with Gasteiger partial charge in [0.1, 0.15) is 5.78 Å². The predicted octanol–water partition coefficient (Wildman–Crippen LogP) is 3.67. The van der Waals surface area contributed by atoms with Crippen molar-refractivity contribution in [3.05, 3.63) is 0 Å². The highest BCUT2D eigenvalue weighted by Gasteiger charge is 2.67. The van der Waals surface area contributed by atoms with Gasteiger partial charge in [0, 0.05) is 12.3 Å². The third-order valence-electron chi connectivity index (χ3n) is 6.48. The summed E-state index contributed by atoms with van der Waals surface area (Å²) in [6.45, 7) is 9.49. The van der Waals surface area contributed by atoms with Crippen LogP contribution < -0.4 is 0 Å². The minimum absolute atomic E-state index is 0.331. The normalized spacial score (nSPS) is 54.1. The third-order valence-corrected chi connectivity index (χ3v) is 6.48. The first-order valence-electron chi connectivity index (χ1n) is 6.92. The van der Waals surface area contributed by atoms with E-state index in [1.165, 1.54) is 19.3 Å². The highest BCUT2D eigenvalue weighted by Crippen LogP contribution is 2.71. The monoisotopic (exact) mass is 220 g/mol. The molecule has 1 unspecified atom stereocenters. The molecule has 3 fully saturated rings. The van der Waals surface area contributed by atoms with Crippen LogP contribution in [-0.2, 0) is 4.79 Å². The van der Waals surface area contributed by atoms with Crippen molar-refractivity contribution >= 4 is 5.78 Å². The Bertz CT molecular complexity index is 343. The van der Waals surface area contributed by atoms with Crippen LogP contribution in [0.15, 0.2) is 0 Å². The molecule has 0 spiro atoms. The largest absolute Gasteiger partial charge is 0.299 e. The van der Waals surface area contributed by atoms with Crippen LogP contribution in [0.2, 0.25) is 0 Å². The number of ketones is 1. The van der Waals surface area contributed by atoms with Crippen molar-refractivity contribution < 1.29 is 4.79 Å². The van der Waals surface area contributed by atoms with Gasteiger partial charge in [0.05, 0.1) is 0 Å². The number of hydrogen-bond acceptors (Lipinski definition) is 1. The van der Waals surface area contributed by atoms with E-state index in [0.29, 0.717) is 28.4 Å². The lowest BCUT2D eigenvalue weighted by atomic mass is 9.60. The van der Waals surface area contributed by atoms with Crippen LogP contribution in [0.25, 0.3) is 0 Å². The summed E-state index contributed by atoms with van der Waals surface area (Å²) >= 11 is 0. The smallest absolute Gasteiger partial charge is 0.136 e. The topological polar surface area (TPSA) is 17.1 Å². The molecule has 0 aliphatic heterocycles. The Hall–Kier alpha value is -0.330. The fourth-order valence-electron chi connectivity index (χ4n) is 5.73. The van der Waals surface area contributed by atoms with Crippen molar-refractivity contribution in [1.29, 1.82) is 0 Å². The maximum Gasteiger partial charge on any atom is 0.136 e. The maximum atomic E-state index is 12.1. The molecule has 3 rings (SSSR count). The van der Waals surface area contributed by atoms with E-state index in [1.54, 1.807) is 0 Å². The van der Waals surface area contributed by atoms with Gasteiger partial charge in [-0.05, 0) is 47.8 Å². The average molecular weight is 220 g/mol. The van der Waals surface area contributed by atoms with Gasteiger partial charge in [0.2, 0.25) is 0 Å². The van der Waals surface area contributed by atoms with Crippen LogP contribution in [0.5, 0.6) is 0 Å². The van der Waals surface area contributed by atoms with Crippen LogP contribution in [0.1, 0.15) is 53.4 Å². The second kappa shape index (κ2) is 2.91. The first-order chi connectivity index (χ1) is 7.39. The molecule has 3 aliphatic rings. The molecule has 2 bridgehead atoms. The predicted molar refractivity (Wildman–Crippen MR) is 65.0 cm³/mol. The van der Waals surface area contributed by atoms with Gasteiger partial charge in [-0.1, -0.05) is 27.7 Å². The Labute approximate surface area is 99.0 Å². The molecular weight excluding hydrogens is 196 g/mol. The Balaban J connectivity index is 2.11. The lowest BCUT2D eigenvalue weighted by Gasteiger charge is -2.43. The molecule has 5 atom stereocenters. The van der Waals surface area contributed by atoms with Gasteiger partial charge in [-0.15, -0.1) is 0 Å². The van der Waals surface area contributed by atoms with E-state index in [4.69, 9.17) is 0 Å². The van der Waals surface area contributed by atoms with Crippen LogP contribution in [0, 0.1) is 34.5 Å². The van der Waals surface area contributed by atoms with Gasteiger partial charge in [0.25, 0.3) is 0 Å². The molecule has 0 heterocycles. The Morgan fingerprint density at radius 1 is 1.12 bits per heavy atom.